The Morgan fingerprint density at radius 2 is 2.29 bits per heavy atom. The standard InChI is InChI=1S/C12H23NO4/c1-9(8-15-2)11(12(14)16-3)13-7-10-5-4-6-17-10/h9-11,13H,4-8H2,1-3H3. The van der Waals surface area contributed by atoms with Gasteiger partial charge in [0, 0.05) is 26.2 Å². The monoisotopic (exact) mass is 245 g/mol. The summed E-state index contributed by atoms with van der Waals surface area (Å²) < 4.78 is 15.4. The molecule has 1 saturated heterocycles. The molecule has 5 nitrogen and oxygen atoms in total. The third kappa shape index (κ3) is 4.61. The van der Waals surface area contributed by atoms with Crippen molar-refractivity contribution in [3.05, 3.63) is 0 Å². The van der Waals surface area contributed by atoms with E-state index >= 15 is 0 Å². The summed E-state index contributed by atoms with van der Waals surface area (Å²) in [6.07, 6.45) is 2.37. The minimum atomic E-state index is -0.329. The van der Waals surface area contributed by atoms with Crippen molar-refractivity contribution in [2.75, 3.05) is 34.0 Å². The van der Waals surface area contributed by atoms with Crippen LogP contribution in [0.3, 0.4) is 0 Å². The van der Waals surface area contributed by atoms with Gasteiger partial charge in [-0.15, -0.1) is 0 Å². The zero-order valence-corrected chi connectivity index (χ0v) is 10.9. The second-order valence-electron chi connectivity index (χ2n) is 4.48. The number of methoxy groups -OCH3 is 2. The topological polar surface area (TPSA) is 56.8 Å². The lowest BCUT2D eigenvalue weighted by molar-refractivity contribution is -0.145. The number of ether oxygens (including phenoxy) is 3. The fourth-order valence-electron chi connectivity index (χ4n) is 2.07. The Balaban J connectivity index is 2.41. The first-order valence-electron chi connectivity index (χ1n) is 6.10. The molecule has 0 bridgehead atoms. The van der Waals surface area contributed by atoms with Crippen LogP contribution in [-0.4, -0.2) is 52.1 Å². The third-order valence-corrected chi connectivity index (χ3v) is 3.04. The van der Waals surface area contributed by atoms with Crippen molar-refractivity contribution in [2.24, 2.45) is 5.92 Å². The van der Waals surface area contributed by atoms with Crippen LogP contribution < -0.4 is 5.32 Å². The van der Waals surface area contributed by atoms with Gasteiger partial charge in [-0.05, 0) is 12.8 Å². The predicted molar refractivity (Wildman–Crippen MR) is 63.8 cm³/mol. The molecule has 0 spiro atoms. The van der Waals surface area contributed by atoms with Crippen LogP contribution in [0, 0.1) is 5.92 Å². The molecule has 0 aliphatic carbocycles. The van der Waals surface area contributed by atoms with E-state index in [1.54, 1.807) is 7.11 Å². The first kappa shape index (κ1) is 14.4. The maximum absolute atomic E-state index is 11.7. The molecule has 0 saturated carbocycles. The number of hydrogen-bond acceptors (Lipinski definition) is 5. The highest BCUT2D eigenvalue weighted by Crippen LogP contribution is 2.12. The Morgan fingerprint density at radius 1 is 1.53 bits per heavy atom. The SMILES string of the molecule is COCC(C)C(NCC1CCCO1)C(=O)OC. The van der Waals surface area contributed by atoms with Gasteiger partial charge in [0.05, 0.1) is 19.8 Å². The van der Waals surface area contributed by atoms with Crippen molar-refractivity contribution < 1.29 is 19.0 Å². The van der Waals surface area contributed by atoms with Crippen molar-refractivity contribution in [3.63, 3.8) is 0 Å². The molecule has 3 atom stereocenters. The van der Waals surface area contributed by atoms with Gasteiger partial charge in [0.2, 0.25) is 0 Å². The quantitative estimate of drug-likeness (QED) is 0.665. The molecule has 1 fully saturated rings. The summed E-state index contributed by atoms with van der Waals surface area (Å²) in [5.74, 6) is -0.165. The van der Waals surface area contributed by atoms with E-state index in [1.807, 2.05) is 6.92 Å². The number of carbonyl (C=O) groups excluding carboxylic acids is 1. The van der Waals surface area contributed by atoms with E-state index in [-0.39, 0.29) is 24.0 Å². The molecule has 1 rings (SSSR count). The summed E-state index contributed by atoms with van der Waals surface area (Å²) in [6.45, 7) is 4.00. The molecule has 3 unspecified atom stereocenters. The van der Waals surface area contributed by atoms with E-state index in [9.17, 15) is 4.79 Å². The highest BCUT2D eigenvalue weighted by molar-refractivity contribution is 5.76. The minimum absolute atomic E-state index is 0.0776. The van der Waals surface area contributed by atoms with Gasteiger partial charge in [0.15, 0.2) is 0 Å². The van der Waals surface area contributed by atoms with Crippen LogP contribution in [-0.2, 0) is 19.0 Å². The van der Waals surface area contributed by atoms with Gasteiger partial charge in [-0.25, -0.2) is 0 Å². The van der Waals surface area contributed by atoms with Gasteiger partial charge in [0.25, 0.3) is 0 Å². The maximum atomic E-state index is 11.7. The Morgan fingerprint density at radius 3 is 2.82 bits per heavy atom. The lowest BCUT2D eigenvalue weighted by Gasteiger charge is -2.23. The predicted octanol–water partition coefficient (Wildman–Crippen LogP) is 0.579. The summed E-state index contributed by atoms with van der Waals surface area (Å²) in [5, 5.41) is 3.22. The number of rotatable bonds is 7. The molecular weight excluding hydrogens is 222 g/mol. The second kappa shape index (κ2) is 7.63. The molecule has 5 heteroatoms. The lowest BCUT2D eigenvalue weighted by atomic mass is 10.0. The molecule has 0 radical (unpaired) electrons. The first-order chi connectivity index (χ1) is 8.19. The average Bonchev–Trinajstić information content (AvgIpc) is 2.82. The molecule has 0 aromatic heterocycles. The van der Waals surface area contributed by atoms with Crippen LogP contribution >= 0.6 is 0 Å². The van der Waals surface area contributed by atoms with Crippen LogP contribution in [0.2, 0.25) is 0 Å². The molecule has 0 aromatic carbocycles. The van der Waals surface area contributed by atoms with Gasteiger partial charge in [-0.3, -0.25) is 4.79 Å². The van der Waals surface area contributed by atoms with E-state index in [1.165, 1.54) is 7.11 Å². The molecule has 1 heterocycles. The summed E-state index contributed by atoms with van der Waals surface area (Å²) in [7, 11) is 3.04. The Hall–Kier alpha value is -0.650. The molecule has 17 heavy (non-hydrogen) atoms. The molecule has 0 amide bonds. The minimum Gasteiger partial charge on any atom is -0.468 e. The Bertz CT molecular complexity index is 229. The van der Waals surface area contributed by atoms with Crippen molar-refractivity contribution in [1.29, 1.82) is 0 Å². The highest BCUT2D eigenvalue weighted by Gasteiger charge is 2.27. The fraction of sp³-hybridized carbons (Fsp3) is 0.917. The summed E-state index contributed by atoms with van der Waals surface area (Å²) in [6, 6.07) is -0.329. The van der Waals surface area contributed by atoms with Gasteiger partial charge >= 0.3 is 5.97 Å². The van der Waals surface area contributed by atoms with Crippen molar-refractivity contribution >= 4 is 5.97 Å². The molecule has 1 N–H and O–H groups in total. The summed E-state index contributed by atoms with van der Waals surface area (Å²) in [5.41, 5.74) is 0. The largest absolute Gasteiger partial charge is 0.468 e. The van der Waals surface area contributed by atoms with Crippen LogP contribution in [0.15, 0.2) is 0 Å². The highest BCUT2D eigenvalue weighted by atomic mass is 16.5. The van der Waals surface area contributed by atoms with E-state index in [4.69, 9.17) is 14.2 Å². The van der Waals surface area contributed by atoms with Crippen LogP contribution in [0.5, 0.6) is 0 Å². The number of hydrogen-bond donors (Lipinski definition) is 1. The van der Waals surface area contributed by atoms with E-state index in [0.29, 0.717) is 13.2 Å². The summed E-state index contributed by atoms with van der Waals surface area (Å²) >= 11 is 0. The first-order valence-corrected chi connectivity index (χ1v) is 6.10. The average molecular weight is 245 g/mol. The smallest absolute Gasteiger partial charge is 0.323 e. The van der Waals surface area contributed by atoms with E-state index in [2.05, 4.69) is 5.32 Å². The Kier molecular flexibility index (Phi) is 6.47. The number of esters is 1. The van der Waals surface area contributed by atoms with E-state index < -0.39 is 0 Å². The molecule has 1 aliphatic heterocycles. The second-order valence-corrected chi connectivity index (χ2v) is 4.48. The van der Waals surface area contributed by atoms with Crippen molar-refractivity contribution in [1.82, 2.24) is 5.32 Å². The third-order valence-electron chi connectivity index (χ3n) is 3.04. The lowest BCUT2D eigenvalue weighted by Crippen LogP contribution is -2.46. The molecule has 1 aliphatic rings. The van der Waals surface area contributed by atoms with Gasteiger partial charge in [-0.1, -0.05) is 6.92 Å². The number of nitrogens with one attached hydrogen (secondary N) is 1. The van der Waals surface area contributed by atoms with Gasteiger partial charge < -0.3 is 19.5 Å². The van der Waals surface area contributed by atoms with Gasteiger partial charge in [0.1, 0.15) is 6.04 Å². The van der Waals surface area contributed by atoms with Crippen molar-refractivity contribution in [3.8, 4) is 0 Å². The zero-order valence-electron chi connectivity index (χ0n) is 10.9. The molecule has 0 aromatic rings. The zero-order chi connectivity index (χ0) is 12.7. The Labute approximate surface area is 103 Å². The normalized spacial score (nSPS) is 23.4. The maximum Gasteiger partial charge on any atom is 0.323 e. The molecule has 100 valence electrons. The van der Waals surface area contributed by atoms with Crippen LogP contribution in [0.25, 0.3) is 0 Å². The van der Waals surface area contributed by atoms with Crippen LogP contribution in [0.4, 0.5) is 0 Å². The molecular formula is C12H23NO4. The summed E-state index contributed by atoms with van der Waals surface area (Å²) in [4.78, 5) is 11.7. The fourth-order valence-corrected chi connectivity index (χ4v) is 2.07. The van der Waals surface area contributed by atoms with Gasteiger partial charge in [-0.2, -0.15) is 0 Å². The van der Waals surface area contributed by atoms with E-state index in [0.717, 1.165) is 19.4 Å². The van der Waals surface area contributed by atoms with Crippen molar-refractivity contribution in [2.45, 2.75) is 31.9 Å². The number of carbonyl (C=O) groups is 1. The van der Waals surface area contributed by atoms with Crippen LogP contribution in [0.1, 0.15) is 19.8 Å².